The maximum absolute atomic E-state index is 13.3. The number of hydrogen-bond acceptors (Lipinski definition) is 3. The van der Waals surface area contributed by atoms with Gasteiger partial charge in [-0.3, -0.25) is 0 Å². The summed E-state index contributed by atoms with van der Waals surface area (Å²) in [7, 11) is 0. The summed E-state index contributed by atoms with van der Waals surface area (Å²) in [6.45, 7) is 6.07. The second-order valence-electron chi connectivity index (χ2n) is 7.10. The number of hydrogen-bond donors (Lipinski definition) is 2. The van der Waals surface area contributed by atoms with Crippen molar-refractivity contribution >= 4 is 35.8 Å². The highest BCUT2D eigenvalue weighted by Crippen LogP contribution is 2.18. The number of guanidine groups is 1. The van der Waals surface area contributed by atoms with Crippen molar-refractivity contribution in [3.8, 4) is 0 Å². The van der Waals surface area contributed by atoms with Gasteiger partial charge in [-0.15, -0.1) is 24.0 Å². The lowest BCUT2D eigenvalue weighted by Gasteiger charge is -2.22. The van der Waals surface area contributed by atoms with Crippen LogP contribution in [0, 0.1) is 5.82 Å². The number of benzene rings is 1. The highest BCUT2D eigenvalue weighted by Gasteiger charge is 2.11. The number of rotatable bonds is 6. The molecule has 0 radical (unpaired) electrons. The topological polar surface area (TPSA) is 52.6 Å². The summed E-state index contributed by atoms with van der Waals surface area (Å²) in [4.78, 5) is 11.5. The van der Waals surface area contributed by atoms with Crippen LogP contribution in [-0.4, -0.2) is 30.6 Å². The molecule has 0 bridgehead atoms. The molecule has 7 heteroatoms. The van der Waals surface area contributed by atoms with Crippen molar-refractivity contribution in [1.29, 1.82) is 0 Å². The molecule has 158 valence electrons. The summed E-state index contributed by atoms with van der Waals surface area (Å²) in [5.74, 6) is 1.55. The average molecular weight is 511 g/mol. The van der Waals surface area contributed by atoms with Crippen LogP contribution in [0.2, 0.25) is 0 Å². The molecule has 1 fully saturated rings. The fourth-order valence-corrected chi connectivity index (χ4v) is 3.38. The number of nitrogens with one attached hydrogen (secondary N) is 2. The molecule has 3 rings (SSSR count). The lowest BCUT2D eigenvalue weighted by atomic mass is 10.2. The van der Waals surface area contributed by atoms with Gasteiger partial charge in [-0.2, -0.15) is 0 Å². The van der Waals surface area contributed by atoms with Crippen LogP contribution in [0.5, 0.6) is 0 Å². The molecular weight excluding hydrogens is 480 g/mol. The number of halogens is 2. The van der Waals surface area contributed by atoms with Crippen molar-refractivity contribution in [2.45, 2.75) is 45.7 Å². The van der Waals surface area contributed by atoms with E-state index in [4.69, 9.17) is 0 Å². The highest BCUT2D eigenvalue weighted by molar-refractivity contribution is 14.0. The van der Waals surface area contributed by atoms with Crippen LogP contribution in [0.1, 0.15) is 43.7 Å². The first-order valence-electron chi connectivity index (χ1n) is 10.2. The smallest absolute Gasteiger partial charge is 0.191 e. The lowest BCUT2D eigenvalue weighted by Crippen LogP contribution is -2.36. The number of nitrogens with zero attached hydrogens (tertiary/aromatic N) is 3. The molecule has 1 aliphatic heterocycles. The molecule has 2 aromatic rings. The molecule has 2 N–H and O–H groups in total. The second kappa shape index (κ2) is 12.6. The standard InChI is InChI=1S/C22H30FN5.HI/c1-2-24-22(26-16-18-8-7-9-20(23)14-18)27-17-19-10-11-25-21(15-19)28-12-5-3-4-6-13-28;/h7-11,14-15H,2-6,12-13,16-17H2,1H3,(H2,24,26,27);1H. The fraction of sp³-hybridized carbons (Fsp3) is 0.455. The Hall–Kier alpha value is -1.90. The predicted molar refractivity (Wildman–Crippen MR) is 128 cm³/mol. The first-order chi connectivity index (χ1) is 13.7. The maximum atomic E-state index is 13.3. The molecule has 29 heavy (non-hydrogen) atoms. The van der Waals surface area contributed by atoms with E-state index in [2.05, 4.69) is 31.6 Å². The minimum atomic E-state index is -0.233. The third-order valence-electron chi connectivity index (χ3n) is 4.85. The van der Waals surface area contributed by atoms with Gasteiger partial charge in [-0.25, -0.2) is 14.4 Å². The minimum absolute atomic E-state index is 0. The molecule has 0 aliphatic carbocycles. The van der Waals surface area contributed by atoms with Gasteiger partial charge in [0.1, 0.15) is 11.6 Å². The summed E-state index contributed by atoms with van der Waals surface area (Å²) < 4.78 is 13.3. The van der Waals surface area contributed by atoms with Crippen LogP contribution in [0.15, 0.2) is 47.6 Å². The van der Waals surface area contributed by atoms with Gasteiger partial charge in [-0.05, 0) is 55.2 Å². The molecule has 0 atom stereocenters. The van der Waals surface area contributed by atoms with E-state index in [0.29, 0.717) is 13.1 Å². The van der Waals surface area contributed by atoms with Crippen molar-refractivity contribution in [2.75, 3.05) is 24.5 Å². The Kier molecular flexibility index (Phi) is 10.2. The second-order valence-corrected chi connectivity index (χ2v) is 7.10. The zero-order valence-corrected chi connectivity index (χ0v) is 19.4. The maximum Gasteiger partial charge on any atom is 0.191 e. The molecule has 5 nitrogen and oxygen atoms in total. The van der Waals surface area contributed by atoms with Gasteiger partial charge in [0.2, 0.25) is 0 Å². The Morgan fingerprint density at radius 3 is 2.59 bits per heavy atom. The van der Waals surface area contributed by atoms with Crippen LogP contribution >= 0.6 is 24.0 Å². The summed E-state index contributed by atoms with van der Waals surface area (Å²) in [6.07, 6.45) is 6.98. The summed E-state index contributed by atoms with van der Waals surface area (Å²) in [6, 6.07) is 10.7. The molecule has 1 aliphatic rings. The molecule has 0 amide bonds. The number of pyridine rings is 1. The van der Waals surface area contributed by atoms with Crippen LogP contribution < -0.4 is 15.5 Å². The monoisotopic (exact) mass is 511 g/mol. The van der Waals surface area contributed by atoms with E-state index in [-0.39, 0.29) is 29.8 Å². The molecule has 0 saturated carbocycles. The zero-order valence-electron chi connectivity index (χ0n) is 17.0. The zero-order chi connectivity index (χ0) is 19.6. The van der Waals surface area contributed by atoms with Crippen molar-refractivity contribution in [1.82, 2.24) is 15.6 Å². The highest BCUT2D eigenvalue weighted by atomic mass is 127. The Labute approximate surface area is 190 Å². The van der Waals surface area contributed by atoms with E-state index < -0.39 is 0 Å². The largest absolute Gasteiger partial charge is 0.357 e. The van der Waals surface area contributed by atoms with Crippen molar-refractivity contribution in [3.63, 3.8) is 0 Å². The van der Waals surface area contributed by atoms with Crippen LogP contribution in [0.3, 0.4) is 0 Å². The van der Waals surface area contributed by atoms with E-state index in [1.807, 2.05) is 25.3 Å². The Balaban J connectivity index is 0.00000300. The first-order valence-corrected chi connectivity index (χ1v) is 10.2. The fourth-order valence-electron chi connectivity index (χ4n) is 3.38. The molecule has 0 spiro atoms. The van der Waals surface area contributed by atoms with E-state index in [0.717, 1.165) is 37.0 Å². The number of aromatic nitrogens is 1. The van der Waals surface area contributed by atoms with Crippen molar-refractivity contribution in [2.24, 2.45) is 4.99 Å². The lowest BCUT2D eigenvalue weighted by molar-refractivity contribution is 0.625. The van der Waals surface area contributed by atoms with Gasteiger partial charge in [0.15, 0.2) is 5.96 Å². The van der Waals surface area contributed by atoms with Crippen molar-refractivity contribution < 1.29 is 4.39 Å². The van der Waals surface area contributed by atoms with Gasteiger partial charge < -0.3 is 15.5 Å². The minimum Gasteiger partial charge on any atom is -0.357 e. The molecule has 0 unspecified atom stereocenters. The molecular formula is C22H31FIN5. The normalized spacial score (nSPS) is 14.7. The van der Waals surface area contributed by atoms with E-state index in [9.17, 15) is 4.39 Å². The molecule has 2 heterocycles. The quantitative estimate of drug-likeness (QED) is 0.342. The van der Waals surface area contributed by atoms with Crippen LogP contribution in [0.25, 0.3) is 0 Å². The average Bonchev–Trinajstić information content (AvgIpc) is 3.00. The molecule has 1 saturated heterocycles. The molecule has 1 aromatic carbocycles. The van der Waals surface area contributed by atoms with Gasteiger partial charge >= 0.3 is 0 Å². The van der Waals surface area contributed by atoms with Gasteiger partial charge in [-0.1, -0.05) is 25.0 Å². The van der Waals surface area contributed by atoms with Gasteiger partial charge in [0.05, 0.1) is 6.54 Å². The summed E-state index contributed by atoms with van der Waals surface area (Å²) in [5.41, 5.74) is 2.02. The Bertz CT molecular complexity index is 775. The van der Waals surface area contributed by atoms with Crippen LogP contribution in [-0.2, 0) is 13.1 Å². The van der Waals surface area contributed by atoms with E-state index in [1.165, 1.54) is 43.4 Å². The summed E-state index contributed by atoms with van der Waals surface area (Å²) in [5, 5.41) is 6.61. The van der Waals surface area contributed by atoms with Crippen molar-refractivity contribution in [3.05, 3.63) is 59.5 Å². The van der Waals surface area contributed by atoms with Gasteiger partial charge in [0, 0.05) is 32.4 Å². The third kappa shape index (κ3) is 7.79. The number of aliphatic imine (C=N–C) groups is 1. The molecule has 1 aromatic heterocycles. The third-order valence-corrected chi connectivity index (χ3v) is 4.85. The van der Waals surface area contributed by atoms with E-state index in [1.54, 1.807) is 6.07 Å². The number of anilines is 1. The predicted octanol–water partition coefficient (Wildman–Crippen LogP) is 4.47. The first kappa shape index (κ1) is 23.4. The Morgan fingerprint density at radius 1 is 1.07 bits per heavy atom. The Morgan fingerprint density at radius 2 is 1.86 bits per heavy atom. The SMILES string of the molecule is CCNC(=NCc1cccc(F)c1)NCc1ccnc(N2CCCCCC2)c1.I. The summed E-state index contributed by atoms with van der Waals surface area (Å²) >= 11 is 0. The van der Waals surface area contributed by atoms with Gasteiger partial charge in [0.25, 0.3) is 0 Å². The van der Waals surface area contributed by atoms with E-state index >= 15 is 0 Å². The van der Waals surface area contributed by atoms with Crippen LogP contribution in [0.4, 0.5) is 10.2 Å².